The fourth-order valence-corrected chi connectivity index (χ4v) is 3.43. The van der Waals surface area contributed by atoms with E-state index in [1.165, 1.54) is 5.57 Å². The Bertz CT molecular complexity index is 514. The predicted molar refractivity (Wildman–Crippen MR) is 66.7 cm³/mol. The molecule has 0 aromatic carbocycles. The average Bonchev–Trinajstić information content (AvgIpc) is 2.37. The van der Waals surface area contributed by atoms with Crippen molar-refractivity contribution >= 4 is 23.2 Å². The van der Waals surface area contributed by atoms with Gasteiger partial charge in [0.25, 0.3) is 0 Å². The molecule has 0 aliphatic carbocycles. The molecular formula is C12H14N3OS+. The molecule has 17 heavy (non-hydrogen) atoms. The molecule has 2 atom stereocenters. The fourth-order valence-electron chi connectivity index (χ4n) is 2.21. The van der Waals surface area contributed by atoms with Crippen molar-refractivity contribution in [3.63, 3.8) is 0 Å². The summed E-state index contributed by atoms with van der Waals surface area (Å²) in [7, 11) is 2.01. The second kappa shape index (κ2) is 3.85. The summed E-state index contributed by atoms with van der Waals surface area (Å²) in [6.07, 6.45) is 3.96. The highest BCUT2D eigenvalue weighted by atomic mass is 32.2. The summed E-state index contributed by atoms with van der Waals surface area (Å²) in [5.74, 6) is 0.929. The summed E-state index contributed by atoms with van der Waals surface area (Å²) >= 11 is 1.73. The van der Waals surface area contributed by atoms with Crippen LogP contribution in [0, 0.1) is 0 Å². The van der Waals surface area contributed by atoms with Gasteiger partial charge in [-0.2, -0.15) is 0 Å². The second-order valence-electron chi connectivity index (χ2n) is 4.32. The van der Waals surface area contributed by atoms with Crippen LogP contribution in [0.1, 0.15) is 5.69 Å². The van der Waals surface area contributed by atoms with Crippen molar-refractivity contribution in [3.05, 3.63) is 36.3 Å². The molecule has 1 aromatic heterocycles. The first-order chi connectivity index (χ1) is 8.18. The van der Waals surface area contributed by atoms with Crippen LogP contribution in [-0.2, 0) is 11.8 Å². The van der Waals surface area contributed by atoms with Crippen molar-refractivity contribution in [1.82, 2.24) is 4.90 Å². The number of carbonyl (C=O) groups excluding carboxylic acids is 1. The number of carbonyl (C=O) groups is 1. The van der Waals surface area contributed by atoms with Gasteiger partial charge in [0.2, 0.25) is 11.6 Å². The first kappa shape index (κ1) is 10.8. The fraction of sp³-hybridized carbons (Fsp3) is 0.333. The van der Waals surface area contributed by atoms with Crippen LogP contribution < -0.4 is 10.3 Å². The Labute approximate surface area is 104 Å². The average molecular weight is 248 g/mol. The van der Waals surface area contributed by atoms with E-state index in [9.17, 15) is 4.79 Å². The Morgan fingerprint density at radius 2 is 2.35 bits per heavy atom. The molecule has 1 unspecified atom stereocenters. The van der Waals surface area contributed by atoms with Crippen molar-refractivity contribution in [2.24, 2.45) is 12.8 Å². The molecule has 2 aliphatic heterocycles. The highest BCUT2D eigenvalue weighted by molar-refractivity contribution is 8.00. The highest BCUT2D eigenvalue weighted by Gasteiger charge is 2.46. The number of aromatic nitrogens is 1. The number of fused-ring (bicyclic) bond motifs is 1. The normalized spacial score (nSPS) is 27.3. The molecule has 88 valence electrons. The number of rotatable bonds is 1. The molecule has 1 amide bonds. The molecule has 3 rings (SSSR count). The number of hydrogen-bond donors (Lipinski definition) is 1. The van der Waals surface area contributed by atoms with Crippen LogP contribution in [0.5, 0.6) is 0 Å². The van der Waals surface area contributed by atoms with Crippen LogP contribution in [0.25, 0.3) is 5.57 Å². The maximum atomic E-state index is 11.6. The minimum atomic E-state index is -0.317. The molecule has 2 aliphatic rings. The standard InChI is InChI=1S/C12H14N3OS/c1-14-5-3-2-4-9(14)8-6-15-11(16)10(13)12(15)17-7-8/h2-6,10,12H,7,13H2,1H3/q+1/t10?,12-/m1/s1. The zero-order valence-electron chi connectivity index (χ0n) is 9.54. The van der Waals surface area contributed by atoms with E-state index in [1.807, 2.05) is 31.6 Å². The van der Waals surface area contributed by atoms with E-state index >= 15 is 0 Å². The summed E-state index contributed by atoms with van der Waals surface area (Å²) in [5.41, 5.74) is 8.06. The Hall–Kier alpha value is -1.33. The third kappa shape index (κ3) is 1.57. The molecule has 1 fully saturated rings. The molecule has 5 heteroatoms. The van der Waals surface area contributed by atoms with Crippen molar-refractivity contribution < 1.29 is 9.36 Å². The second-order valence-corrected chi connectivity index (χ2v) is 5.43. The number of hydrogen-bond acceptors (Lipinski definition) is 3. The number of thioether (sulfide) groups is 1. The Kier molecular flexibility index (Phi) is 2.45. The summed E-state index contributed by atoms with van der Waals surface area (Å²) < 4.78 is 2.07. The van der Waals surface area contributed by atoms with E-state index in [0.29, 0.717) is 0 Å². The molecule has 1 saturated heterocycles. The number of nitrogens with two attached hydrogens (primary N) is 1. The lowest BCUT2D eigenvalue weighted by molar-refractivity contribution is -0.673. The summed E-state index contributed by atoms with van der Waals surface area (Å²) in [4.78, 5) is 13.3. The first-order valence-electron chi connectivity index (χ1n) is 5.53. The summed E-state index contributed by atoms with van der Waals surface area (Å²) in [5, 5.41) is 0.139. The first-order valence-corrected chi connectivity index (χ1v) is 6.58. The van der Waals surface area contributed by atoms with Crippen molar-refractivity contribution in [2.75, 3.05) is 5.75 Å². The van der Waals surface area contributed by atoms with E-state index in [-0.39, 0.29) is 17.3 Å². The van der Waals surface area contributed by atoms with E-state index in [1.54, 1.807) is 16.7 Å². The molecule has 3 heterocycles. The Morgan fingerprint density at radius 3 is 3.12 bits per heavy atom. The van der Waals surface area contributed by atoms with Gasteiger partial charge < -0.3 is 10.6 Å². The van der Waals surface area contributed by atoms with Crippen LogP contribution in [-0.4, -0.2) is 28.0 Å². The number of aryl methyl sites for hydroxylation is 1. The maximum Gasteiger partial charge on any atom is 0.247 e. The van der Waals surface area contributed by atoms with Gasteiger partial charge in [-0.3, -0.25) is 4.79 Å². The van der Waals surface area contributed by atoms with Gasteiger partial charge in [0, 0.05) is 29.7 Å². The third-order valence-electron chi connectivity index (χ3n) is 3.21. The van der Waals surface area contributed by atoms with Gasteiger partial charge in [-0.05, 0) is 6.07 Å². The lowest BCUT2D eigenvalue weighted by Crippen LogP contribution is -2.66. The zero-order valence-corrected chi connectivity index (χ0v) is 10.4. The zero-order chi connectivity index (χ0) is 12.0. The Morgan fingerprint density at radius 1 is 1.53 bits per heavy atom. The molecule has 0 saturated carbocycles. The van der Waals surface area contributed by atoms with Gasteiger partial charge in [-0.15, -0.1) is 11.8 Å². The van der Waals surface area contributed by atoms with E-state index in [4.69, 9.17) is 5.73 Å². The van der Waals surface area contributed by atoms with Crippen molar-refractivity contribution in [2.45, 2.75) is 11.4 Å². The molecule has 4 nitrogen and oxygen atoms in total. The number of pyridine rings is 1. The van der Waals surface area contributed by atoms with Crippen LogP contribution in [0.2, 0.25) is 0 Å². The van der Waals surface area contributed by atoms with Crippen LogP contribution in [0.15, 0.2) is 30.6 Å². The van der Waals surface area contributed by atoms with E-state index in [2.05, 4.69) is 10.6 Å². The maximum absolute atomic E-state index is 11.6. The lowest BCUT2D eigenvalue weighted by Gasteiger charge is -2.45. The van der Waals surface area contributed by atoms with Gasteiger partial charge in [0.05, 0.1) is 0 Å². The molecule has 0 radical (unpaired) electrons. The molecular weight excluding hydrogens is 234 g/mol. The van der Waals surface area contributed by atoms with Gasteiger partial charge in [0.1, 0.15) is 18.5 Å². The van der Waals surface area contributed by atoms with Crippen LogP contribution >= 0.6 is 11.8 Å². The van der Waals surface area contributed by atoms with Gasteiger partial charge >= 0.3 is 0 Å². The third-order valence-corrected chi connectivity index (χ3v) is 4.55. The van der Waals surface area contributed by atoms with Gasteiger partial charge in [0.15, 0.2) is 6.20 Å². The summed E-state index contributed by atoms with van der Waals surface area (Å²) in [6.45, 7) is 0. The number of β-lactam (4-membered cyclic amide) rings is 1. The number of nitrogens with zero attached hydrogens (tertiary/aromatic N) is 2. The van der Waals surface area contributed by atoms with E-state index < -0.39 is 0 Å². The van der Waals surface area contributed by atoms with E-state index in [0.717, 1.165) is 11.4 Å². The van der Waals surface area contributed by atoms with Gasteiger partial charge in [-0.25, -0.2) is 4.57 Å². The Balaban J connectivity index is 1.94. The molecule has 2 N–H and O–H groups in total. The lowest BCUT2D eigenvalue weighted by atomic mass is 10.1. The number of amides is 1. The monoisotopic (exact) mass is 248 g/mol. The van der Waals surface area contributed by atoms with Crippen molar-refractivity contribution in [1.29, 1.82) is 0 Å². The van der Waals surface area contributed by atoms with Crippen LogP contribution in [0.3, 0.4) is 0 Å². The summed E-state index contributed by atoms with van der Waals surface area (Å²) in [6, 6.07) is 5.75. The molecule has 0 spiro atoms. The van der Waals surface area contributed by atoms with Gasteiger partial charge in [-0.1, -0.05) is 0 Å². The highest BCUT2D eigenvalue weighted by Crippen LogP contribution is 2.37. The minimum absolute atomic E-state index is 0.0262. The van der Waals surface area contributed by atoms with Crippen molar-refractivity contribution in [3.8, 4) is 0 Å². The largest absolute Gasteiger partial charge is 0.317 e. The van der Waals surface area contributed by atoms with Crippen LogP contribution in [0.4, 0.5) is 0 Å². The predicted octanol–water partition coefficient (Wildman–Crippen LogP) is 0.0944. The molecule has 1 aromatic rings. The molecule has 0 bridgehead atoms. The SMILES string of the molecule is C[n+]1ccccc1C1=CN2C(=O)C(N)[C@H]2SC1. The smallest absolute Gasteiger partial charge is 0.247 e. The quantitative estimate of drug-likeness (QED) is 0.566. The topological polar surface area (TPSA) is 50.2 Å². The minimum Gasteiger partial charge on any atom is -0.317 e.